The lowest BCUT2D eigenvalue weighted by molar-refractivity contribution is -0.121. The van der Waals surface area contributed by atoms with Gasteiger partial charge in [-0.2, -0.15) is 5.10 Å². The van der Waals surface area contributed by atoms with Gasteiger partial charge in [-0.3, -0.25) is 19.9 Å². The molecule has 33 heavy (non-hydrogen) atoms. The SMILES string of the molecule is CNC(=O)CC1(N)CCN(c2cccc(-c3n[nH]c4cnc(-c5cccnc5)cc34)n2)CC1. The summed E-state index contributed by atoms with van der Waals surface area (Å²) in [7, 11) is 1.64. The van der Waals surface area contributed by atoms with Crippen LogP contribution in [0.5, 0.6) is 0 Å². The summed E-state index contributed by atoms with van der Waals surface area (Å²) in [5, 5.41) is 11.2. The molecule has 0 unspecified atom stereocenters. The Morgan fingerprint density at radius 2 is 2.03 bits per heavy atom. The monoisotopic (exact) mass is 442 g/mol. The molecule has 0 aromatic carbocycles. The van der Waals surface area contributed by atoms with Gasteiger partial charge in [0.15, 0.2) is 0 Å². The van der Waals surface area contributed by atoms with E-state index in [2.05, 4.69) is 30.4 Å². The minimum Gasteiger partial charge on any atom is -0.359 e. The summed E-state index contributed by atoms with van der Waals surface area (Å²) in [5.41, 5.74) is 10.2. The lowest BCUT2D eigenvalue weighted by Crippen LogP contribution is -2.52. The zero-order chi connectivity index (χ0) is 22.8. The van der Waals surface area contributed by atoms with Gasteiger partial charge in [0, 0.05) is 55.4 Å². The van der Waals surface area contributed by atoms with Crippen LogP contribution in [0.3, 0.4) is 0 Å². The summed E-state index contributed by atoms with van der Waals surface area (Å²) in [5.74, 6) is 0.865. The Morgan fingerprint density at radius 1 is 1.18 bits per heavy atom. The first-order chi connectivity index (χ1) is 16.0. The quantitative estimate of drug-likeness (QED) is 0.433. The Kier molecular flexibility index (Phi) is 5.47. The standard InChI is InChI=1S/C24H26N8O/c1-26-22(33)13-24(25)7-10-32(11-8-24)21-6-2-5-18(29-21)23-17-12-19(16-4-3-9-27-14-16)28-15-20(17)30-31-23/h2-6,9,12,14-15H,7-8,10-11,13,25H2,1H3,(H,26,33)(H,30,31). The summed E-state index contributed by atoms with van der Waals surface area (Å²) in [6, 6.07) is 11.9. The predicted molar refractivity (Wildman–Crippen MR) is 127 cm³/mol. The molecule has 1 saturated heterocycles. The van der Waals surface area contributed by atoms with E-state index >= 15 is 0 Å². The maximum atomic E-state index is 11.8. The van der Waals surface area contributed by atoms with Crippen molar-refractivity contribution in [1.29, 1.82) is 0 Å². The fourth-order valence-electron chi connectivity index (χ4n) is 4.28. The van der Waals surface area contributed by atoms with Crippen molar-refractivity contribution in [2.24, 2.45) is 5.73 Å². The Balaban J connectivity index is 1.40. The molecule has 1 aliphatic heterocycles. The fourth-order valence-corrected chi connectivity index (χ4v) is 4.28. The summed E-state index contributed by atoms with van der Waals surface area (Å²) in [4.78, 5) is 27.7. The lowest BCUT2D eigenvalue weighted by Gasteiger charge is -2.39. The van der Waals surface area contributed by atoms with Crippen LogP contribution in [0.15, 0.2) is 55.0 Å². The van der Waals surface area contributed by atoms with Crippen LogP contribution >= 0.6 is 0 Å². The number of amides is 1. The number of carbonyl (C=O) groups is 1. The number of hydrogen-bond acceptors (Lipinski definition) is 7. The van der Waals surface area contributed by atoms with Gasteiger partial charge in [0.2, 0.25) is 5.91 Å². The van der Waals surface area contributed by atoms with Crippen molar-refractivity contribution >= 4 is 22.6 Å². The van der Waals surface area contributed by atoms with Gasteiger partial charge in [0.05, 0.1) is 23.1 Å². The highest BCUT2D eigenvalue weighted by Crippen LogP contribution is 2.31. The first-order valence-corrected chi connectivity index (χ1v) is 11.0. The van der Waals surface area contributed by atoms with E-state index in [0.29, 0.717) is 6.42 Å². The van der Waals surface area contributed by atoms with Crippen LogP contribution < -0.4 is 16.0 Å². The molecule has 1 fully saturated rings. The number of nitrogens with one attached hydrogen (secondary N) is 2. The maximum absolute atomic E-state index is 11.8. The zero-order valence-corrected chi connectivity index (χ0v) is 18.5. The Bertz CT molecular complexity index is 1280. The summed E-state index contributed by atoms with van der Waals surface area (Å²) < 4.78 is 0. The molecule has 9 nitrogen and oxygen atoms in total. The highest BCUT2D eigenvalue weighted by Gasteiger charge is 2.33. The van der Waals surface area contributed by atoms with Gasteiger partial charge >= 0.3 is 0 Å². The minimum atomic E-state index is -0.470. The van der Waals surface area contributed by atoms with E-state index in [-0.39, 0.29) is 5.91 Å². The van der Waals surface area contributed by atoms with Gasteiger partial charge in [0.25, 0.3) is 0 Å². The van der Waals surface area contributed by atoms with Crippen LogP contribution in [0.4, 0.5) is 5.82 Å². The van der Waals surface area contributed by atoms with Crippen LogP contribution in [-0.2, 0) is 4.79 Å². The summed E-state index contributed by atoms with van der Waals surface area (Å²) in [6.45, 7) is 1.50. The highest BCUT2D eigenvalue weighted by molar-refractivity contribution is 5.93. The number of pyridine rings is 3. The lowest BCUT2D eigenvalue weighted by atomic mass is 9.85. The van der Waals surface area contributed by atoms with Crippen LogP contribution in [0, 0.1) is 0 Å². The average Bonchev–Trinajstić information content (AvgIpc) is 3.28. The van der Waals surface area contributed by atoms with Crippen molar-refractivity contribution in [3.63, 3.8) is 0 Å². The van der Waals surface area contributed by atoms with Gasteiger partial charge in [-0.25, -0.2) is 4.98 Å². The van der Waals surface area contributed by atoms with E-state index in [0.717, 1.165) is 65.3 Å². The third kappa shape index (κ3) is 4.27. The van der Waals surface area contributed by atoms with Crippen molar-refractivity contribution < 1.29 is 4.79 Å². The third-order valence-corrected chi connectivity index (χ3v) is 6.26. The number of hydrogen-bond donors (Lipinski definition) is 3. The van der Waals surface area contributed by atoms with E-state index in [1.54, 1.807) is 25.6 Å². The number of nitrogens with zero attached hydrogens (tertiary/aromatic N) is 5. The Morgan fingerprint density at radius 3 is 2.79 bits per heavy atom. The Hall–Kier alpha value is -3.85. The Labute approximate surface area is 191 Å². The van der Waals surface area contributed by atoms with Crippen LogP contribution in [0.2, 0.25) is 0 Å². The molecule has 4 aromatic rings. The highest BCUT2D eigenvalue weighted by atomic mass is 16.1. The maximum Gasteiger partial charge on any atom is 0.221 e. The van der Waals surface area contributed by atoms with Gasteiger partial charge in [-0.15, -0.1) is 0 Å². The second-order valence-corrected chi connectivity index (χ2v) is 8.51. The number of H-pyrrole nitrogens is 1. The molecule has 168 valence electrons. The summed E-state index contributed by atoms with van der Waals surface area (Å²) in [6.07, 6.45) is 7.14. The number of aromatic nitrogens is 5. The van der Waals surface area contributed by atoms with E-state index in [1.807, 2.05) is 36.4 Å². The van der Waals surface area contributed by atoms with E-state index in [4.69, 9.17) is 10.7 Å². The molecular formula is C24H26N8O. The van der Waals surface area contributed by atoms with Crippen LogP contribution in [0.1, 0.15) is 19.3 Å². The van der Waals surface area contributed by atoms with Crippen molar-refractivity contribution in [2.45, 2.75) is 24.8 Å². The molecule has 0 bridgehead atoms. The smallest absolute Gasteiger partial charge is 0.221 e. The second-order valence-electron chi connectivity index (χ2n) is 8.51. The number of fused-ring (bicyclic) bond motifs is 1. The molecule has 0 spiro atoms. The van der Waals surface area contributed by atoms with E-state index in [9.17, 15) is 4.79 Å². The minimum absolute atomic E-state index is 0.0170. The number of anilines is 1. The molecule has 0 radical (unpaired) electrons. The van der Waals surface area contributed by atoms with Crippen molar-refractivity contribution in [2.75, 3.05) is 25.0 Å². The van der Waals surface area contributed by atoms with Crippen LogP contribution in [0.25, 0.3) is 33.5 Å². The summed E-state index contributed by atoms with van der Waals surface area (Å²) >= 11 is 0. The number of piperidine rings is 1. The van der Waals surface area contributed by atoms with Gasteiger partial charge in [0.1, 0.15) is 11.5 Å². The molecule has 5 heterocycles. The van der Waals surface area contributed by atoms with Crippen molar-refractivity contribution in [3.05, 3.63) is 55.0 Å². The van der Waals surface area contributed by atoms with E-state index < -0.39 is 5.54 Å². The van der Waals surface area contributed by atoms with E-state index in [1.165, 1.54) is 0 Å². The molecular weight excluding hydrogens is 416 g/mol. The molecule has 9 heteroatoms. The largest absolute Gasteiger partial charge is 0.359 e. The first-order valence-electron chi connectivity index (χ1n) is 11.0. The number of rotatable bonds is 5. The van der Waals surface area contributed by atoms with Crippen LogP contribution in [-0.4, -0.2) is 56.7 Å². The number of carbonyl (C=O) groups excluding carboxylic acids is 1. The topological polar surface area (TPSA) is 126 Å². The van der Waals surface area contributed by atoms with Crippen molar-refractivity contribution in [1.82, 2.24) is 30.5 Å². The number of nitrogens with two attached hydrogens (primary N) is 1. The first kappa shape index (κ1) is 21.0. The molecule has 0 saturated carbocycles. The van der Waals surface area contributed by atoms with Gasteiger partial charge in [-0.05, 0) is 43.2 Å². The molecule has 4 N–H and O–H groups in total. The van der Waals surface area contributed by atoms with Crippen molar-refractivity contribution in [3.8, 4) is 22.6 Å². The zero-order valence-electron chi connectivity index (χ0n) is 18.5. The fraction of sp³-hybridized carbons (Fsp3) is 0.292. The van der Waals surface area contributed by atoms with Gasteiger partial charge in [-0.1, -0.05) is 6.07 Å². The molecule has 0 atom stereocenters. The molecule has 4 aromatic heterocycles. The molecule has 1 amide bonds. The number of aromatic amines is 1. The molecule has 0 aliphatic carbocycles. The van der Waals surface area contributed by atoms with Gasteiger partial charge < -0.3 is 16.0 Å². The average molecular weight is 443 g/mol. The molecule has 5 rings (SSSR count). The predicted octanol–water partition coefficient (Wildman–Crippen LogP) is 2.52. The second kappa shape index (κ2) is 8.59. The third-order valence-electron chi connectivity index (χ3n) is 6.26. The normalized spacial score (nSPS) is 15.5. The molecule has 1 aliphatic rings.